The number of hydrogen-bond donors (Lipinski definition) is 1. The average molecular weight is 263 g/mol. The minimum absolute atomic E-state index is 0.118. The monoisotopic (exact) mass is 263 g/mol. The molecule has 1 aromatic carbocycles. The molecule has 4 nitrogen and oxygen atoms in total. The van der Waals surface area contributed by atoms with E-state index in [9.17, 15) is 0 Å². The zero-order valence-corrected chi connectivity index (χ0v) is 11.9. The third kappa shape index (κ3) is 2.97. The van der Waals surface area contributed by atoms with Crippen LogP contribution >= 0.6 is 0 Å². The Hall–Kier alpha value is -1.36. The quantitative estimate of drug-likeness (QED) is 0.814. The molecule has 0 amide bonds. The Morgan fingerprint density at radius 2 is 1.95 bits per heavy atom. The number of likely N-dealkylation sites (N-methyl/N-ethyl adjacent to an activating group) is 1. The number of furan rings is 1. The predicted octanol–water partition coefficient (Wildman–Crippen LogP) is 3.01. The van der Waals surface area contributed by atoms with Crippen molar-refractivity contribution in [3.05, 3.63) is 35.6 Å². The first-order chi connectivity index (χ1) is 9.19. The lowest BCUT2D eigenvalue weighted by Gasteiger charge is -2.23. The number of benzene rings is 1. The van der Waals surface area contributed by atoms with Gasteiger partial charge in [-0.2, -0.15) is 0 Å². The number of methoxy groups -OCH3 is 2. The van der Waals surface area contributed by atoms with Crippen LogP contribution in [0, 0.1) is 6.92 Å². The Kier molecular flexibility index (Phi) is 4.58. The number of hydrogen-bond acceptors (Lipinski definition) is 4. The van der Waals surface area contributed by atoms with Gasteiger partial charge >= 0.3 is 0 Å². The molecule has 1 aromatic heterocycles. The predicted molar refractivity (Wildman–Crippen MR) is 75.2 cm³/mol. The van der Waals surface area contributed by atoms with E-state index in [4.69, 9.17) is 13.9 Å². The van der Waals surface area contributed by atoms with Crippen LogP contribution in [-0.4, -0.2) is 27.1 Å². The van der Waals surface area contributed by atoms with Gasteiger partial charge in [0, 0.05) is 19.6 Å². The Balaban J connectivity index is 2.38. The maximum absolute atomic E-state index is 5.90. The van der Waals surface area contributed by atoms with Crippen molar-refractivity contribution in [3.63, 3.8) is 0 Å². The molecule has 0 radical (unpaired) electrons. The summed E-state index contributed by atoms with van der Waals surface area (Å²) in [5.74, 6) is 0.830. The van der Waals surface area contributed by atoms with Gasteiger partial charge in [-0.3, -0.25) is 0 Å². The zero-order valence-electron chi connectivity index (χ0n) is 11.9. The maximum Gasteiger partial charge on any atom is 0.179 e. The van der Waals surface area contributed by atoms with Crippen LogP contribution in [0.15, 0.2) is 28.7 Å². The normalized spacial score (nSPS) is 13.3. The number of rotatable bonds is 6. The second-order valence-electron chi connectivity index (χ2n) is 4.57. The van der Waals surface area contributed by atoms with E-state index in [1.807, 2.05) is 25.1 Å². The zero-order chi connectivity index (χ0) is 13.8. The lowest BCUT2D eigenvalue weighted by Crippen LogP contribution is -2.34. The van der Waals surface area contributed by atoms with E-state index >= 15 is 0 Å². The van der Waals surface area contributed by atoms with Crippen molar-refractivity contribution < 1.29 is 13.9 Å². The summed E-state index contributed by atoms with van der Waals surface area (Å²) >= 11 is 0. The Labute approximate surface area is 113 Å². The van der Waals surface area contributed by atoms with E-state index in [0.717, 1.165) is 23.3 Å². The third-order valence-electron chi connectivity index (χ3n) is 3.16. The molecule has 2 rings (SSSR count). The molecule has 104 valence electrons. The lowest BCUT2D eigenvalue weighted by molar-refractivity contribution is -0.126. The van der Waals surface area contributed by atoms with Crippen LogP contribution in [0.4, 0.5) is 0 Å². The van der Waals surface area contributed by atoms with E-state index in [0.29, 0.717) is 0 Å². The summed E-state index contributed by atoms with van der Waals surface area (Å²) in [6.45, 7) is 4.92. The van der Waals surface area contributed by atoms with Gasteiger partial charge in [-0.05, 0) is 31.7 Å². The summed E-state index contributed by atoms with van der Waals surface area (Å²) in [5.41, 5.74) is 2.10. The fourth-order valence-electron chi connectivity index (χ4n) is 2.26. The van der Waals surface area contributed by atoms with Crippen LogP contribution in [0.3, 0.4) is 0 Å². The number of ether oxygens (including phenoxy) is 2. The van der Waals surface area contributed by atoms with Crippen molar-refractivity contribution in [3.8, 4) is 0 Å². The van der Waals surface area contributed by atoms with Crippen LogP contribution in [0.2, 0.25) is 0 Å². The molecule has 1 unspecified atom stereocenters. The van der Waals surface area contributed by atoms with E-state index in [2.05, 4.69) is 18.3 Å². The van der Waals surface area contributed by atoms with Crippen LogP contribution in [0.1, 0.15) is 24.3 Å². The van der Waals surface area contributed by atoms with Gasteiger partial charge in [0.1, 0.15) is 17.4 Å². The highest BCUT2D eigenvalue weighted by Crippen LogP contribution is 2.27. The van der Waals surface area contributed by atoms with Gasteiger partial charge in [-0.1, -0.05) is 18.6 Å². The van der Waals surface area contributed by atoms with Crippen molar-refractivity contribution >= 4 is 11.0 Å². The summed E-state index contributed by atoms with van der Waals surface area (Å²) in [7, 11) is 3.26. The van der Waals surface area contributed by atoms with Crippen LogP contribution < -0.4 is 5.32 Å². The third-order valence-corrected chi connectivity index (χ3v) is 3.16. The number of aryl methyl sites for hydroxylation is 1. The van der Waals surface area contributed by atoms with Crippen LogP contribution in [-0.2, 0) is 9.47 Å². The molecule has 0 saturated heterocycles. The minimum atomic E-state index is -0.374. The summed E-state index contributed by atoms with van der Waals surface area (Å²) < 4.78 is 16.6. The Morgan fingerprint density at radius 3 is 2.58 bits per heavy atom. The van der Waals surface area contributed by atoms with Crippen molar-refractivity contribution in [1.29, 1.82) is 0 Å². The standard InChI is InChI=1S/C15H21NO3/c1-5-16-14(15(17-3)18-4)13-9-11-8-10(2)6-7-12(11)19-13/h6-9,14-16H,5H2,1-4H3. The first-order valence-corrected chi connectivity index (χ1v) is 6.48. The molecule has 2 aromatic rings. The SMILES string of the molecule is CCNC(c1cc2cc(C)ccc2o1)C(OC)OC. The molecule has 0 aliphatic carbocycles. The highest BCUT2D eigenvalue weighted by Gasteiger charge is 2.25. The first kappa shape index (κ1) is 14.1. The smallest absolute Gasteiger partial charge is 0.179 e. The topological polar surface area (TPSA) is 43.6 Å². The molecule has 1 N–H and O–H groups in total. The molecule has 0 spiro atoms. The van der Waals surface area contributed by atoms with E-state index in [-0.39, 0.29) is 12.3 Å². The second-order valence-corrected chi connectivity index (χ2v) is 4.57. The van der Waals surface area contributed by atoms with E-state index in [1.54, 1.807) is 14.2 Å². The van der Waals surface area contributed by atoms with Crippen molar-refractivity contribution in [2.45, 2.75) is 26.2 Å². The molecule has 0 aliphatic heterocycles. The molecule has 0 aliphatic rings. The molecular weight excluding hydrogens is 242 g/mol. The van der Waals surface area contributed by atoms with Gasteiger partial charge in [-0.25, -0.2) is 0 Å². The summed E-state index contributed by atoms with van der Waals surface area (Å²) in [6, 6.07) is 8.07. The number of nitrogens with one attached hydrogen (secondary N) is 1. The van der Waals surface area contributed by atoms with E-state index in [1.165, 1.54) is 5.56 Å². The Bertz CT molecular complexity index is 531. The van der Waals surface area contributed by atoms with Gasteiger partial charge < -0.3 is 19.2 Å². The van der Waals surface area contributed by atoms with Crippen molar-refractivity contribution in [2.75, 3.05) is 20.8 Å². The first-order valence-electron chi connectivity index (χ1n) is 6.48. The molecule has 19 heavy (non-hydrogen) atoms. The Morgan fingerprint density at radius 1 is 1.21 bits per heavy atom. The maximum atomic E-state index is 5.90. The molecule has 4 heteroatoms. The van der Waals surface area contributed by atoms with Gasteiger partial charge in [0.2, 0.25) is 0 Å². The summed E-state index contributed by atoms with van der Waals surface area (Å²) in [4.78, 5) is 0. The molecule has 1 heterocycles. The summed E-state index contributed by atoms with van der Waals surface area (Å²) in [6.07, 6.45) is -0.374. The fourth-order valence-corrected chi connectivity index (χ4v) is 2.26. The highest BCUT2D eigenvalue weighted by atomic mass is 16.7. The van der Waals surface area contributed by atoms with Crippen molar-refractivity contribution in [1.82, 2.24) is 5.32 Å². The van der Waals surface area contributed by atoms with Crippen molar-refractivity contribution in [2.24, 2.45) is 0 Å². The summed E-state index contributed by atoms with van der Waals surface area (Å²) in [5, 5.41) is 4.43. The van der Waals surface area contributed by atoms with Gasteiger partial charge in [0.15, 0.2) is 6.29 Å². The second kappa shape index (κ2) is 6.19. The van der Waals surface area contributed by atoms with Crippen LogP contribution in [0.25, 0.3) is 11.0 Å². The fraction of sp³-hybridized carbons (Fsp3) is 0.467. The van der Waals surface area contributed by atoms with Gasteiger partial charge in [-0.15, -0.1) is 0 Å². The average Bonchev–Trinajstić information content (AvgIpc) is 2.81. The van der Waals surface area contributed by atoms with Gasteiger partial charge in [0.25, 0.3) is 0 Å². The molecule has 0 saturated carbocycles. The molecule has 1 atom stereocenters. The van der Waals surface area contributed by atoms with Gasteiger partial charge in [0.05, 0.1) is 0 Å². The van der Waals surface area contributed by atoms with Crippen LogP contribution in [0.5, 0.6) is 0 Å². The lowest BCUT2D eigenvalue weighted by atomic mass is 10.1. The number of fused-ring (bicyclic) bond motifs is 1. The minimum Gasteiger partial charge on any atom is -0.459 e. The largest absolute Gasteiger partial charge is 0.459 e. The molecule has 0 bridgehead atoms. The molecule has 0 fully saturated rings. The van der Waals surface area contributed by atoms with E-state index < -0.39 is 0 Å². The molecular formula is C15H21NO3. The highest BCUT2D eigenvalue weighted by molar-refractivity contribution is 5.78.